The Hall–Kier alpha value is -3.74. The van der Waals surface area contributed by atoms with Gasteiger partial charge in [0.15, 0.2) is 0 Å². The van der Waals surface area contributed by atoms with E-state index in [0.29, 0.717) is 23.5 Å². The minimum atomic E-state index is -0.388. The molecule has 0 atom stereocenters. The highest BCUT2D eigenvalue weighted by molar-refractivity contribution is 5.94. The van der Waals surface area contributed by atoms with Gasteiger partial charge in [-0.25, -0.2) is 9.78 Å². The molecule has 0 bridgehead atoms. The predicted octanol–water partition coefficient (Wildman–Crippen LogP) is 2.94. The zero-order valence-corrected chi connectivity index (χ0v) is 14.7. The Morgan fingerprint density at radius 2 is 1.78 bits per heavy atom. The fourth-order valence-electron chi connectivity index (χ4n) is 2.34. The number of nitrogens with one attached hydrogen (secondary N) is 2. The third kappa shape index (κ3) is 4.88. The van der Waals surface area contributed by atoms with Crippen LogP contribution in [0.1, 0.15) is 26.3 Å². The van der Waals surface area contributed by atoms with Gasteiger partial charge in [0, 0.05) is 30.8 Å². The normalized spacial score (nSPS) is 10.1. The zero-order valence-electron chi connectivity index (χ0n) is 14.7. The molecule has 0 fully saturated rings. The number of carbonyl (C=O) groups is 2. The van der Waals surface area contributed by atoms with Crippen molar-refractivity contribution in [2.24, 2.45) is 0 Å². The van der Waals surface area contributed by atoms with Gasteiger partial charge in [-0.05, 0) is 48.0 Å². The van der Waals surface area contributed by atoms with Crippen molar-refractivity contribution in [3.8, 4) is 0 Å². The van der Waals surface area contributed by atoms with Crippen molar-refractivity contribution < 1.29 is 14.3 Å². The van der Waals surface area contributed by atoms with Crippen LogP contribution in [0.3, 0.4) is 0 Å². The fourth-order valence-corrected chi connectivity index (χ4v) is 2.34. The molecule has 136 valence electrons. The summed E-state index contributed by atoms with van der Waals surface area (Å²) in [6, 6.07) is 13.9. The van der Waals surface area contributed by atoms with E-state index in [4.69, 9.17) is 0 Å². The summed E-state index contributed by atoms with van der Waals surface area (Å²) in [5.41, 5.74) is 2.62. The van der Waals surface area contributed by atoms with Crippen LogP contribution in [0, 0.1) is 0 Å². The van der Waals surface area contributed by atoms with Crippen molar-refractivity contribution >= 4 is 23.4 Å². The number of carbonyl (C=O) groups excluding carboxylic acids is 2. The molecule has 0 radical (unpaired) electrons. The van der Waals surface area contributed by atoms with Crippen LogP contribution in [0.5, 0.6) is 0 Å². The highest BCUT2D eigenvalue weighted by Gasteiger charge is 2.07. The first-order valence-corrected chi connectivity index (χ1v) is 8.24. The van der Waals surface area contributed by atoms with Crippen molar-refractivity contribution in [1.82, 2.24) is 15.3 Å². The predicted molar refractivity (Wildman–Crippen MR) is 101 cm³/mol. The topological polar surface area (TPSA) is 93.2 Å². The lowest BCUT2D eigenvalue weighted by Gasteiger charge is -2.08. The van der Waals surface area contributed by atoms with Gasteiger partial charge in [0.1, 0.15) is 5.82 Å². The minimum Gasteiger partial charge on any atom is -0.465 e. The lowest BCUT2D eigenvalue weighted by molar-refractivity contribution is 0.0600. The molecule has 0 unspecified atom stereocenters. The summed E-state index contributed by atoms with van der Waals surface area (Å²) >= 11 is 0. The Morgan fingerprint density at radius 3 is 2.41 bits per heavy atom. The summed E-state index contributed by atoms with van der Waals surface area (Å²) < 4.78 is 4.67. The first-order chi connectivity index (χ1) is 13.2. The van der Waals surface area contributed by atoms with E-state index in [1.54, 1.807) is 48.8 Å². The van der Waals surface area contributed by atoms with Gasteiger partial charge in [-0.1, -0.05) is 6.07 Å². The van der Waals surface area contributed by atoms with E-state index in [9.17, 15) is 9.59 Å². The summed E-state index contributed by atoms with van der Waals surface area (Å²) in [6.07, 6.45) is 4.89. The number of anilines is 2. The van der Waals surface area contributed by atoms with Crippen molar-refractivity contribution in [2.45, 2.75) is 6.54 Å². The molecule has 3 aromatic rings. The summed E-state index contributed by atoms with van der Waals surface area (Å²) in [5.74, 6) is -0.00807. The molecule has 0 aliphatic heterocycles. The highest BCUT2D eigenvalue weighted by Crippen LogP contribution is 2.16. The average Bonchev–Trinajstić information content (AvgIpc) is 2.73. The average molecular weight is 362 g/mol. The largest absolute Gasteiger partial charge is 0.465 e. The molecule has 0 saturated carbocycles. The monoisotopic (exact) mass is 362 g/mol. The number of nitrogens with zero attached hydrogens (tertiary/aromatic N) is 2. The number of hydrogen-bond acceptors (Lipinski definition) is 6. The van der Waals surface area contributed by atoms with Gasteiger partial charge in [-0.3, -0.25) is 9.78 Å². The van der Waals surface area contributed by atoms with Crippen LogP contribution < -0.4 is 10.6 Å². The molecule has 3 rings (SSSR count). The summed E-state index contributed by atoms with van der Waals surface area (Å²) in [5, 5.41) is 5.93. The number of esters is 1. The van der Waals surface area contributed by atoms with Gasteiger partial charge in [-0.15, -0.1) is 0 Å². The van der Waals surface area contributed by atoms with E-state index in [0.717, 1.165) is 11.3 Å². The molecular formula is C20H18N4O3. The summed E-state index contributed by atoms with van der Waals surface area (Å²) in [4.78, 5) is 31.9. The maximum Gasteiger partial charge on any atom is 0.337 e. The number of rotatable bonds is 6. The first-order valence-electron chi connectivity index (χ1n) is 8.24. The quantitative estimate of drug-likeness (QED) is 0.655. The molecule has 2 N–H and O–H groups in total. The lowest BCUT2D eigenvalue weighted by Crippen LogP contribution is -2.22. The number of hydrogen-bond donors (Lipinski definition) is 2. The van der Waals surface area contributed by atoms with Gasteiger partial charge in [0.2, 0.25) is 0 Å². The van der Waals surface area contributed by atoms with Gasteiger partial charge >= 0.3 is 5.97 Å². The van der Waals surface area contributed by atoms with Crippen molar-refractivity contribution in [2.75, 3.05) is 12.4 Å². The van der Waals surface area contributed by atoms with E-state index in [-0.39, 0.29) is 11.9 Å². The van der Waals surface area contributed by atoms with Crippen molar-refractivity contribution in [1.29, 1.82) is 0 Å². The van der Waals surface area contributed by atoms with Gasteiger partial charge in [0.25, 0.3) is 5.91 Å². The third-order valence-corrected chi connectivity index (χ3v) is 3.78. The molecule has 0 saturated heterocycles. The molecule has 1 aromatic carbocycles. The van der Waals surface area contributed by atoms with E-state index in [2.05, 4.69) is 25.3 Å². The molecule has 27 heavy (non-hydrogen) atoms. The lowest BCUT2D eigenvalue weighted by atomic mass is 10.2. The zero-order chi connectivity index (χ0) is 19.1. The smallest absolute Gasteiger partial charge is 0.337 e. The number of methoxy groups -OCH3 is 1. The molecule has 0 aliphatic carbocycles. The Kier molecular flexibility index (Phi) is 5.73. The van der Waals surface area contributed by atoms with Crippen LogP contribution >= 0.6 is 0 Å². The molecule has 0 spiro atoms. The fraction of sp³-hybridized carbons (Fsp3) is 0.100. The maximum absolute atomic E-state index is 12.2. The van der Waals surface area contributed by atoms with E-state index < -0.39 is 0 Å². The van der Waals surface area contributed by atoms with Crippen molar-refractivity contribution in [3.05, 3.63) is 83.8 Å². The Balaban J connectivity index is 1.58. The third-order valence-electron chi connectivity index (χ3n) is 3.78. The van der Waals surface area contributed by atoms with Gasteiger partial charge in [-0.2, -0.15) is 0 Å². The number of aromatic nitrogens is 2. The second-order valence-electron chi connectivity index (χ2n) is 5.67. The molecular weight excluding hydrogens is 344 g/mol. The van der Waals surface area contributed by atoms with Gasteiger partial charge in [0.05, 0.1) is 18.2 Å². The SMILES string of the molecule is COC(=O)c1ccc(Nc2ccc(C(=O)NCc3cccnc3)cn2)cc1. The number of amides is 1. The van der Waals surface area contributed by atoms with E-state index in [1.807, 2.05) is 12.1 Å². The molecule has 2 heterocycles. The minimum absolute atomic E-state index is 0.208. The molecule has 7 nitrogen and oxygen atoms in total. The van der Waals surface area contributed by atoms with Crippen LogP contribution in [-0.2, 0) is 11.3 Å². The molecule has 7 heteroatoms. The second kappa shape index (κ2) is 8.57. The summed E-state index contributed by atoms with van der Waals surface area (Å²) in [6.45, 7) is 0.402. The standard InChI is InChI=1S/C20H18N4O3/c1-27-20(26)15-4-7-17(8-5-15)24-18-9-6-16(13-22-18)19(25)23-12-14-3-2-10-21-11-14/h2-11,13H,12H2,1H3,(H,22,24)(H,23,25). The van der Waals surface area contributed by atoms with E-state index in [1.165, 1.54) is 13.3 Å². The summed E-state index contributed by atoms with van der Waals surface area (Å²) in [7, 11) is 1.34. The van der Waals surface area contributed by atoms with Crippen LogP contribution in [0.4, 0.5) is 11.5 Å². The number of pyridine rings is 2. The second-order valence-corrected chi connectivity index (χ2v) is 5.67. The van der Waals surface area contributed by atoms with Gasteiger partial charge < -0.3 is 15.4 Å². The van der Waals surface area contributed by atoms with Crippen LogP contribution in [-0.4, -0.2) is 29.0 Å². The molecule has 1 amide bonds. The highest BCUT2D eigenvalue weighted by atomic mass is 16.5. The number of ether oxygens (including phenoxy) is 1. The number of benzene rings is 1. The van der Waals surface area contributed by atoms with Crippen LogP contribution in [0.15, 0.2) is 67.1 Å². The Labute approximate surface area is 156 Å². The van der Waals surface area contributed by atoms with Crippen LogP contribution in [0.25, 0.3) is 0 Å². The molecule has 0 aliphatic rings. The van der Waals surface area contributed by atoms with Crippen molar-refractivity contribution in [3.63, 3.8) is 0 Å². The Morgan fingerprint density at radius 1 is 1.00 bits per heavy atom. The van der Waals surface area contributed by atoms with E-state index >= 15 is 0 Å². The molecule has 2 aromatic heterocycles. The maximum atomic E-state index is 12.2. The Bertz CT molecular complexity index is 910. The van der Waals surface area contributed by atoms with Crippen LogP contribution in [0.2, 0.25) is 0 Å². The first kappa shape index (κ1) is 18.1.